The second-order valence-corrected chi connectivity index (χ2v) is 5.72. The van der Waals surface area contributed by atoms with E-state index in [1.54, 1.807) is 0 Å². The molecule has 0 radical (unpaired) electrons. The summed E-state index contributed by atoms with van der Waals surface area (Å²) in [5.74, 6) is -0.728. The molecule has 25 heavy (non-hydrogen) atoms. The molecule has 0 amide bonds. The third kappa shape index (κ3) is 17.9. The van der Waals surface area contributed by atoms with Crippen molar-refractivity contribution in [2.24, 2.45) is 5.11 Å². The zero-order chi connectivity index (χ0) is 18.6. The quantitative estimate of drug-likeness (QED) is 0.121. The average Bonchev–Trinajstić information content (AvgIpc) is 2.60. The third-order valence-electron chi connectivity index (χ3n) is 3.60. The number of hydrogen-bond donors (Lipinski definition) is 1. The lowest BCUT2D eigenvalue weighted by Gasteiger charge is -2.03. The molecule has 0 aromatic rings. The van der Waals surface area contributed by atoms with Crippen LogP contribution in [0, 0.1) is 0 Å². The molecule has 1 unspecified atom stereocenters. The smallest absolute Gasteiger partial charge is 0.303 e. The van der Waals surface area contributed by atoms with E-state index in [4.69, 9.17) is 10.6 Å². The van der Waals surface area contributed by atoms with E-state index in [2.05, 4.69) is 52.6 Å². The van der Waals surface area contributed by atoms with E-state index in [9.17, 15) is 4.79 Å². The molecule has 0 spiro atoms. The summed E-state index contributed by atoms with van der Waals surface area (Å²) in [6, 6.07) is 0.113. The number of carboxylic acid groups (broad SMARTS) is 1. The van der Waals surface area contributed by atoms with Crippen LogP contribution in [0.5, 0.6) is 0 Å². The topological polar surface area (TPSA) is 86.1 Å². The highest BCUT2D eigenvalue weighted by molar-refractivity contribution is 5.66. The molecule has 138 valence electrons. The highest BCUT2D eigenvalue weighted by Crippen LogP contribution is 2.07. The first kappa shape index (κ1) is 22.7. The van der Waals surface area contributed by atoms with Crippen LogP contribution in [0.3, 0.4) is 0 Å². The van der Waals surface area contributed by atoms with Gasteiger partial charge in [0, 0.05) is 17.4 Å². The van der Waals surface area contributed by atoms with Gasteiger partial charge >= 0.3 is 5.97 Å². The van der Waals surface area contributed by atoms with Crippen LogP contribution in [0.25, 0.3) is 10.4 Å². The number of allylic oxidation sites excluding steroid dienone is 8. The average molecular weight is 345 g/mol. The minimum atomic E-state index is -0.728. The van der Waals surface area contributed by atoms with Crippen molar-refractivity contribution in [3.05, 3.63) is 59.1 Å². The molecule has 5 heteroatoms. The summed E-state index contributed by atoms with van der Waals surface area (Å²) in [4.78, 5) is 13.2. The van der Waals surface area contributed by atoms with Crippen LogP contribution in [0.2, 0.25) is 0 Å². The summed E-state index contributed by atoms with van der Waals surface area (Å²) in [6.45, 7) is 2.04. The maximum Gasteiger partial charge on any atom is 0.303 e. The molecule has 0 aromatic carbocycles. The Morgan fingerprint density at radius 2 is 1.52 bits per heavy atom. The van der Waals surface area contributed by atoms with Crippen LogP contribution < -0.4 is 0 Å². The number of rotatable bonds is 15. The van der Waals surface area contributed by atoms with Gasteiger partial charge < -0.3 is 5.11 Å². The van der Waals surface area contributed by atoms with E-state index < -0.39 is 5.97 Å². The molecule has 0 aliphatic carbocycles. The second kappa shape index (κ2) is 18.1. The summed E-state index contributed by atoms with van der Waals surface area (Å²) in [6.07, 6.45) is 24.2. The molecule has 0 bridgehead atoms. The molecule has 0 saturated carbocycles. The first-order valence-corrected chi connectivity index (χ1v) is 9.06. The molecular weight excluding hydrogens is 314 g/mol. The van der Waals surface area contributed by atoms with Gasteiger partial charge in [0.1, 0.15) is 0 Å². The summed E-state index contributed by atoms with van der Waals surface area (Å²) in [5, 5.41) is 12.3. The first-order chi connectivity index (χ1) is 12.2. The van der Waals surface area contributed by atoms with Gasteiger partial charge in [-0.25, -0.2) is 0 Å². The van der Waals surface area contributed by atoms with Crippen LogP contribution in [-0.4, -0.2) is 17.1 Å². The van der Waals surface area contributed by atoms with Crippen molar-refractivity contribution in [3.8, 4) is 0 Å². The van der Waals surface area contributed by atoms with Crippen molar-refractivity contribution < 1.29 is 9.90 Å². The highest BCUT2D eigenvalue weighted by Gasteiger charge is 2.00. The fourth-order valence-corrected chi connectivity index (χ4v) is 2.13. The maximum absolute atomic E-state index is 10.3. The Balaban J connectivity index is 3.59. The number of unbranched alkanes of at least 4 members (excludes halogenated alkanes) is 1. The van der Waals surface area contributed by atoms with Gasteiger partial charge in [-0.2, -0.15) is 0 Å². The standard InChI is InChI=1S/C20H31N3O2/c1-2-19(22-23-21)17-15-13-11-9-7-5-3-4-6-8-10-12-14-16-18-20(24)25/h4-7,10-13,19H,2-3,8-9,14-18H2,1H3,(H,24,25). The molecule has 0 aliphatic heterocycles. The summed E-state index contributed by atoms with van der Waals surface area (Å²) >= 11 is 0. The van der Waals surface area contributed by atoms with Crippen LogP contribution in [0.4, 0.5) is 0 Å². The van der Waals surface area contributed by atoms with Crippen LogP contribution >= 0.6 is 0 Å². The van der Waals surface area contributed by atoms with Crippen molar-refractivity contribution in [2.75, 3.05) is 0 Å². The number of aliphatic carboxylic acids is 1. The van der Waals surface area contributed by atoms with E-state index >= 15 is 0 Å². The zero-order valence-corrected chi connectivity index (χ0v) is 15.3. The fourth-order valence-electron chi connectivity index (χ4n) is 2.13. The lowest BCUT2D eigenvalue weighted by Crippen LogP contribution is -1.99. The summed E-state index contributed by atoms with van der Waals surface area (Å²) in [5.41, 5.74) is 8.41. The van der Waals surface area contributed by atoms with Crippen molar-refractivity contribution in [2.45, 2.75) is 70.8 Å². The van der Waals surface area contributed by atoms with Crippen molar-refractivity contribution in [3.63, 3.8) is 0 Å². The Hall–Kier alpha value is -2.26. The van der Waals surface area contributed by atoms with Gasteiger partial charge in [-0.3, -0.25) is 4.79 Å². The van der Waals surface area contributed by atoms with E-state index in [0.717, 1.165) is 44.9 Å². The monoisotopic (exact) mass is 345 g/mol. The van der Waals surface area contributed by atoms with Crippen molar-refractivity contribution >= 4 is 5.97 Å². The van der Waals surface area contributed by atoms with E-state index in [-0.39, 0.29) is 12.5 Å². The Kier molecular flexibility index (Phi) is 16.4. The fraction of sp³-hybridized carbons (Fsp3) is 0.550. The van der Waals surface area contributed by atoms with Crippen molar-refractivity contribution in [1.82, 2.24) is 0 Å². The molecule has 0 aliphatic rings. The third-order valence-corrected chi connectivity index (χ3v) is 3.60. The van der Waals surface area contributed by atoms with Crippen LogP contribution in [0.15, 0.2) is 53.7 Å². The molecule has 1 N–H and O–H groups in total. The molecular formula is C20H31N3O2. The van der Waals surface area contributed by atoms with Gasteiger partial charge in [-0.1, -0.05) is 60.6 Å². The summed E-state index contributed by atoms with van der Waals surface area (Å²) in [7, 11) is 0. The SMILES string of the molecule is CCC(CCC=CCC=CCC=CCC=CCCCC(=O)O)N=[N+]=[N-]. The predicted molar refractivity (Wildman–Crippen MR) is 104 cm³/mol. The second-order valence-electron chi connectivity index (χ2n) is 5.72. The Morgan fingerprint density at radius 3 is 2.00 bits per heavy atom. The molecule has 1 atom stereocenters. The highest BCUT2D eigenvalue weighted by atomic mass is 16.4. The Labute approximate surface area is 151 Å². The number of carboxylic acids is 1. The van der Waals surface area contributed by atoms with E-state index in [1.165, 1.54) is 0 Å². The van der Waals surface area contributed by atoms with Gasteiger partial charge in [-0.15, -0.1) is 0 Å². The van der Waals surface area contributed by atoms with E-state index in [0.29, 0.717) is 6.42 Å². The molecule has 0 rings (SSSR count). The molecule has 0 heterocycles. The van der Waals surface area contributed by atoms with E-state index in [1.807, 2.05) is 13.0 Å². The van der Waals surface area contributed by atoms with Gasteiger partial charge in [0.25, 0.3) is 0 Å². The van der Waals surface area contributed by atoms with Gasteiger partial charge in [0.15, 0.2) is 0 Å². The molecule has 0 saturated heterocycles. The largest absolute Gasteiger partial charge is 0.481 e. The molecule has 5 nitrogen and oxygen atoms in total. The zero-order valence-electron chi connectivity index (χ0n) is 15.3. The minimum absolute atomic E-state index is 0.113. The predicted octanol–water partition coefficient (Wildman–Crippen LogP) is 6.51. The first-order valence-electron chi connectivity index (χ1n) is 9.06. The minimum Gasteiger partial charge on any atom is -0.481 e. The lowest BCUT2D eigenvalue weighted by molar-refractivity contribution is -0.137. The summed E-state index contributed by atoms with van der Waals surface area (Å²) < 4.78 is 0. The van der Waals surface area contributed by atoms with Crippen LogP contribution in [-0.2, 0) is 4.79 Å². The maximum atomic E-state index is 10.3. The van der Waals surface area contributed by atoms with Gasteiger partial charge in [0.2, 0.25) is 0 Å². The number of azide groups is 1. The van der Waals surface area contributed by atoms with Crippen molar-refractivity contribution in [1.29, 1.82) is 0 Å². The Bertz CT molecular complexity index is 501. The number of hydrogen-bond acceptors (Lipinski definition) is 2. The molecule has 0 aromatic heterocycles. The van der Waals surface area contributed by atoms with Gasteiger partial charge in [-0.05, 0) is 56.9 Å². The number of carbonyl (C=O) groups is 1. The number of nitrogens with zero attached hydrogens (tertiary/aromatic N) is 3. The van der Waals surface area contributed by atoms with Crippen LogP contribution in [0.1, 0.15) is 64.7 Å². The normalized spacial score (nSPS) is 13.2. The molecule has 0 fully saturated rings. The van der Waals surface area contributed by atoms with Gasteiger partial charge in [0.05, 0.1) is 0 Å². The lowest BCUT2D eigenvalue weighted by atomic mass is 10.1. The Morgan fingerprint density at radius 1 is 1.00 bits per heavy atom.